The largest absolute Gasteiger partial charge is 0.0627 e. The molecule has 0 heteroatoms. The minimum atomic E-state index is 0.535. The molecule has 0 aromatic rings. The number of fused-ring (bicyclic) bond motifs is 5. The van der Waals surface area contributed by atoms with Crippen LogP contribution in [0.2, 0.25) is 0 Å². The van der Waals surface area contributed by atoms with E-state index >= 15 is 0 Å². The van der Waals surface area contributed by atoms with Crippen molar-refractivity contribution in [2.45, 2.75) is 78.6 Å². The molecule has 0 aromatic carbocycles. The van der Waals surface area contributed by atoms with Crippen LogP contribution in [0.15, 0.2) is 70.9 Å². The first-order valence-electron chi connectivity index (χ1n) is 13.1. The van der Waals surface area contributed by atoms with Gasteiger partial charge < -0.3 is 0 Å². The van der Waals surface area contributed by atoms with Gasteiger partial charge in [-0.3, -0.25) is 0 Å². The van der Waals surface area contributed by atoms with Gasteiger partial charge in [0.15, 0.2) is 0 Å². The van der Waals surface area contributed by atoms with Crippen LogP contribution in [0.5, 0.6) is 0 Å². The fraction of sp³-hybridized carbons (Fsp3) is 0.613. The second-order valence-electron chi connectivity index (χ2n) is 12.2. The van der Waals surface area contributed by atoms with E-state index in [1.807, 2.05) is 0 Å². The maximum atomic E-state index is 2.71. The van der Waals surface area contributed by atoms with Crippen molar-refractivity contribution < 1.29 is 0 Å². The summed E-state index contributed by atoms with van der Waals surface area (Å²) in [6.07, 6.45) is 31.2. The fourth-order valence-electron chi connectivity index (χ4n) is 9.50. The predicted octanol–water partition coefficient (Wildman–Crippen LogP) is 8.51. The Morgan fingerprint density at radius 3 is 2.26 bits per heavy atom. The molecule has 0 radical (unpaired) electrons. The van der Waals surface area contributed by atoms with E-state index in [1.54, 1.807) is 11.1 Å². The van der Waals surface area contributed by atoms with Crippen LogP contribution in [0.3, 0.4) is 0 Å². The molecule has 7 atom stereocenters. The van der Waals surface area contributed by atoms with Crippen LogP contribution in [0.4, 0.5) is 0 Å². The molecule has 0 nitrogen and oxygen atoms in total. The lowest BCUT2D eigenvalue weighted by molar-refractivity contribution is -0.102. The number of hydrogen-bond acceptors (Lipinski definition) is 0. The molecule has 4 saturated carbocycles. The normalized spacial score (nSPS) is 45.3. The molecule has 6 unspecified atom stereocenters. The van der Waals surface area contributed by atoms with Gasteiger partial charge in [0.1, 0.15) is 0 Å². The first kappa shape index (κ1) is 20.1. The van der Waals surface area contributed by atoms with Crippen LogP contribution >= 0.6 is 0 Å². The summed E-state index contributed by atoms with van der Waals surface area (Å²) in [5.74, 6) is 4.64. The van der Waals surface area contributed by atoms with E-state index in [9.17, 15) is 0 Å². The van der Waals surface area contributed by atoms with Crippen LogP contribution in [0.25, 0.3) is 0 Å². The Bertz CT molecular complexity index is 921. The third kappa shape index (κ3) is 2.93. The van der Waals surface area contributed by atoms with E-state index < -0.39 is 0 Å². The van der Waals surface area contributed by atoms with E-state index in [4.69, 9.17) is 0 Å². The zero-order valence-electron chi connectivity index (χ0n) is 19.9. The summed E-state index contributed by atoms with van der Waals surface area (Å²) in [6.45, 7) is 7.85. The highest BCUT2D eigenvalue weighted by Crippen LogP contribution is 2.68. The Morgan fingerprint density at radius 1 is 0.774 bits per heavy atom. The number of rotatable bonds is 1. The quantitative estimate of drug-likeness (QED) is 0.405. The van der Waals surface area contributed by atoms with Crippen molar-refractivity contribution in [3.05, 3.63) is 70.9 Å². The average molecular weight is 413 g/mol. The highest BCUT2D eigenvalue weighted by Gasteiger charge is 2.60. The second-order valence-corrected chi connectivity index (χ2v) is 12.2. The Morgan fingerprint density at radius 2 is 1.48 bits per heavy atom. The lowest BCUT2D eigenvalue weighted by Crippen LogP contribution is -2.53. The SMILES string of the molecule is CC(=C1C=CC=C1)C1CCC2C3CC[C@H]4CC(=C5C=CC=C5)CCC4(C)C3CCC12C. The van der Waals surface area contributed by atoms with Gasteiger partial charge in [-0.2, -0.15) is 0 Å². The standard InChI is InChI=1S/C31H40/c1-21(22-8-4-5-9-22)27-14-15-28-26-13-12-25-20-24(23-10-6-7-11-23)16-18-30(25,2)29(26)17-19-31(27,28)3/h4-11,25-29H,12-20H2,1-3H3/t25-,26?,27?,28?,29?,30?,31?/m0/s1. The summed E-state index contributed by atoms with van der Waals surface area (Å²) in [4.78, 5) is 0. The van der Waals surface area contributed by atoms with Gasteiger partial charge >= 0.3 is 0 Å². The summed E-state index contributed by atoms with van der Waals surface area (Å²) in [5, 5.41) is 0. The molecule has 6 aliphatic carbocycles. The minimum Gasteiger partial charge on any atom is -0.0627 e. The van der Waals surface area contributed by atoms with Crippen molar-refractivity contribution in [1.82, 2.24) is 0 Å². The third-order valence-electron chi connectivity index (χ3n) is 11.2. The van der Waals surface area contributed by atoms with Gasteiger partial charge in [-0.15, -0.1) is 0 Å². The van der Waals surface area contributed by atoms with Crippen LogP contribution in [0, 0.1) is 40.4 Å². The Hall–Kier alpha value is -1.56. The fourth-order valence-corrected chi connectivity index (χ4v) is 9.50. The van der Waals surface area contributed by atoms with E-state index in [0.29, 0.717) is 10.8 Å². The first-order valence-corrected chi connectivity index (χ1v) is 13.1. The summed E-state index contributed by atoms with van der Waals surface area (Å²) in [6, 6.07) is 0. The van der Waals surface area contributed by atoms with Gasteiger partial charge in [0.2, 0.25) is 0 Å². The van der Waals surface area contributed by atoms with Gasteiger partial charge in [0.25, 0.3) is 0 Å². The van der Waals surface area contributed by atoms with Gasteiger partial charge in [0, 0.05) is 0 Å². The lowest BCUT2D eigenvalue weighted by atomic mass is 9.44. The first-order chi connectivity index (χ1) is 15.0. The Labute approximate surface area is 190 Å². The summed E-state index contributed by atoms with van der Waals surface area (Å²) in [7, 11) is 0. The lowest BCUT2D eigenvalue weighted by Gasteiger charge is -2.61. The Kier molecular flexibility index (Phi) is 4.68. The summed E-state index contributed by atoms with van der Waals surface area (Å²) in [5.41, 5.74) is 7.60. The molecule has 0 bridgehead atoms. The maximum absolute atomic E-state index is 2.71. The molecular weight excluding hydrogens is 372 g/mol. The number of hydrogen-bond donors (Lipinski definition) is 0. The molecule has 0 heterocycles. The molecule has 164 valence electrons. The highest BCUT2D eigenvalue weighted by atomic mass is 14.6. The van der Waals surface area contributed by atoms with Gasteiger partial charge in [0.05, 0.1) is 0 Å². The van der Waals surface area contributed by atoms with E-state index in [0.717, 1.165) is 29.6 Å². The van der Waals surface area contributed by atoms with Gasteiger partial charge in [-0.05, 0) is 116 Å². The van der Waals surface area contributed by atoms with Crippen molar-refractivity contribution in [2.24, 2.45) is 40.4 Å². The van der Waals surface area contributed by atoms with Crippen LogP contribution in [-0.2, 0) is 0 Å². The molecule has 0 spiro atoms. The Balaban J connectivity index is 1.26. The summed E-state index contributed by atoms with van der Waals surface area (Å²) >= 11 is 0. The molecule has 0 aliphatic heterocycles. The van der Waals surface area contributed by atoms with Gasteiger partial charge in [-0.25, -0.2) is 0 Å². The molecule has 0 amide bonds. The van der Waals surface area contributed by atoms with Crippen LogP contribution in [-0.4, -0.2) is 0 Å². The van der Waals surface area contributed by atoms with Crippen molar-refractivity contribution in [1.29, 1.82) is 0 Å². The molecule has 6 rings (SSSR count). The van der Waals surface area contributed by atoms with E-state index in [1.165, 1.54) is 68.9 Å². The molecule has 0 aromatic heterocycles. The van der Waals surface area contributed by atoms with Gasteiger partial charge in [-0.1, -0.05) is 73.6 Å². The van der Waals surface area contributed by atoms with E-state index in [-0.39, 0.29) is 0 Å². The molecule has 31 heavy (non-hydrogen) atoms. The molecule has 4 fully saturated rings. The minimum absolute atomic E-state index is 0.535. The monoisotopic (exact) mass is 412 g/mol. The van der Waals surface area contributed by atoms with Crippen molar-refractivity contribution in [2.75, 3.05) is 0 Å². The molecule has 0 N–H and O–H groups in total. The second kappa shape index (κ2) is 7.23. The number of allylic oxidation sites excluding steroid dienone is 12. The van der Waals surface area contributed by atoms with Crippen molar-refractivity contribution in [3.8, 4) is 0 Å². The van der Waals surface area contributed by atoms with Crippen molar-refractivity contribution in [3.63, 3.8) is 0 Å². The van der Waals surface area contributed by atoms with Crippen LogP contribution in [0.1, 0.15) is 78.6 Å². The predicted molar refractivity (Wildman–Crippen MR) is 132 cm³/mol. The third-order valence-corrected chi connectivity index (χ3v) is 11.2. The van der Waals surface area contributed by atoms with Crippen LogP contribution < -0.4 is 0 Å². The van der Waals surface area contributed by atoms with Crippen molar-refractivity contribution >= 4 is 0 Å². The van der Waals surface area contributed by atoms with E-state index in [2.05, 4.69) is 69.4 Å². The zero-order chi connectivity index (χ0) is 21.2. The molecule has 0 saturated heterocycles. The molecule has 6 aliphatic rings. The zero-order valence-corrected chi connectivity index (χ0v) is 19.9. The topological polar surface area (TPSA) is 0 Å². The summed E-state index contributed by atoms with van der Waals surface area (Å²) < 4.78 is 0. The smallest absolute Gasteiger partial charge is 0.0140 e. The average Bonchev–Trinajstić information content (AvgIpc) is 3.52. The maximum Gasteiger partial charge on any atom is -0.0140 e. The highest BCUT2D eigenvalue weighted by molar-refractivity contribution is 5.45. The molecular formula is C31H40.